The van der Waals surface area contributed by atoms with Crippen LogP contribution in [0.2, 0.25) is 5.02 Å². The summed E-state index contributed by atoms with van der Waals surface area (Å²) in [7, 11) is 0. The average Bonchev–Trinajstić information content (AvgIpc) is 3.25. The van der Waals surface area contributed by atoms with Crippen LogP contribution < -0.4 is 4.74 Å². The number of halogens is 2. The predicted molar refractivity (Wildman–Crippen MR) is 96.2 cm³/mol. The van der Waals surface area contributed by atoms with Gasteiger partial charge in [-0.3, -0.25) is 14.8 Å². The van der Waals surface area contributed by atoms with E-state index >= 15 is 0 Å². The lowest BCUT2D eigenvalue weighted by molar-refractivity contribution is -0.385. The second-order valence-corrected chi connectivity index (χ2v) is 6.59. The van der Waals surface area contributed by atoms with E-state index in [2.05, 4.69) is 15.3 Å². The number of benzene rings is 1. The molecule has 0 radical (unpaired) electrons. The minimum Gasteiger partial charge on any atom is -0.484 e. The molecule has 0 aliphatic carbocycles. The Balaban J connectivity index is 1.65. The third-order valence-corrected chi connectivity index (χ3v) is 4.77. The van der Waals surface area contributed by atoms with Gasteiger partial charge in [0, 0.05) is 6.54 Å². The first-order valence-electron chi connectivity index (χ1n) is 7.77. The Morgan fingerprint density at radius 3 is 2.89 bits per heavy atom. The van der Waals surface area contributed by atoms with Crippen molar-refractivity contribution in [2.24, 2.45) is 0 Å². The van der Waals surface area contributed by atoms with Crippen molar-refractivity contribution < 1.29 is 14.1 Å². The normalized spacial score (nSPS) is 10.9. The number of aromatic nitrogens is 5. The van der Waals surface area contributed by atoms with Gasteiger partial charge in [0.05, 0.1) is 15.8 Å². The van der Waals surface area contributed by atoms with E-state index in [1.54, 1.807) is 0 Å². The summed E-state index contributed by atoms with van der Waals surface area (Å²) >= 11 is 7.28. The van der Waals surface area contributed by atoms with E-state index in [0.717, 1.165) is 0 Å². The zero-order valence-electron chi connectivity index (χ0n) is 14.1. The van der Waals surface area contributed by atoms with Gasteiger partial charge in [-0.05, 0) is 25.1 Å². The highest BCUT2D eigenvalue weighted by atomic mass is 35.5. The topological polar surface area (TPSA) is 101 Å². The highest BCUT2D eigenvalue weighted by molar-refractivity contribution is 7.98. The molecule has 0 spiro atoms. The van der Waals surface area contributed by atoms with Gasteiger partial charge >= 0.3 is 5.69 Å². The molecule has 0 atom stereocenters. The summed E-state index contributed by atoms with van der Waals surface area (Å²) < 4.78 is 22.0. The molecule has 0 bridgehead atoms. The van der Waals surface area contributed by atoms with E-state index in [0.29, 0.717) is 29.2 Å². The molecule has 3 rings (SSSR count). The maximum absolute atomic E-state index is 13.1. The van der Waals surface area contributed by atoms with Crippen LogP contribution in [0, 0.1) is 15.9 Å². The number of hydrogen-bond donors (Lipinski definition) is 0. The Bertz CT molecular complexity index is 963. The van der Waals surface area contributed by atoms with E-state index in [1.165, 1.54) is 47.0 Å². The molecule has 9 nitrogen and oxygen atoms in total. The summed E-state index contributed by atoms with van der Waals surface area (Å²) in [5.74, 6) is 0.826. The molecular weight excluding hydrogens is 399 g/mol. The van der Waals surface area contributed by atoms with Crippen LogP contribution in [-0.4, -0.2) is 29.5 Å². The Morgan fingerprint density at radius 2 is 2.22 bits per heavy atom. The fourth-order valence-corrected chi connectivity index (χ4v) is 3.33. The quantitative estimate of drug-likeness (QED) is 0.317. The molecule has 0 saturated heterocycles. The Hall–Kier alpha value is -2.66. The fourth-order valence-electron chi connectivity index (χ4n) is 2.23. The van der Waals surface area contributed by atoms with Crippen molar-refractivity contribution in [2.45, 2.75) is 31.1 Å². The molecule has 0 fully saturated rings. The molecule has 3 aromatic rings. The summed E-state index contributed by atoms with van der Waals surface area (Å²) in [6, 6.07) is 3.88. The molecule has 0 aliphatic heterocycles. The van der Waals surface area contributed by atoms with Crippen LogP contribution in [0.1, 0.15) is 12.7 Å². The van der Waals surface area contributed by atoms with Crippen LogP contribution >= 0.6 is 23.4 Å². The van der Waals surface area contributed by atoms with Crippen LogP contribution in [0.5, 0.6) is 5.75 Å². The molecule has 27 heavy (non-hydrogen) atoms. The number of thioether (sulfide) groups is 1. The van der Waals surface area contributed by atoms with Crippen LogP contribution in [-0.2, 0) is 19.0 Å². The third kappa shape index (κ3) is 4.55. The second-order valence-electron chi connectivity index (χ2n) is 5.28. The van der Waals surface area contributed by atoms with Crippen molar-refractivity contribution in [3.8, 4) is 5.75 Å². The first kappa shape index (κ1) is 19.1. The highest BCUT2D eigenvalue weighted by Crippen LogP contribution is 2.26. The first-order chi connectivity index (χ1) is 13.0. The molecule has 12 heteroatoms. The minimum absolute atomic E-state index is 0.0715. The number of hydrogen-bond acceptors (Lipinski definition) is 7. The van der Waals surface area contributed by atoms with E-state index in [4.69, 9.17) is 16.3 Å². The summed E-state index contributed by atoms with van der Waals surface area (Å²) in [6.45, 7) is 2.64. The van der Waals surface area contributed by atoms with Crippen molar-refractivity contribution in [2.75, 3.05) is 0 Å². The molecule has 0 N–H and O–H groups in total. The monoisotopic (exact) mass is 412 g/mol. The summed E-state index contributed by atoms with van der Waals surface area (Å²) in [4.78, 5) is 10.2. The van der Waals surface area contributed by atoms with Gasteiger partial charge in [0.15, 0.2) is 11.0 Å². The van der Waals surface area contributed by atoms with Gasteiger partial charge in [-0.2, -0.15) is 5.10 Å². The molecule has 142 valence electrons. The van der Waals surface area contributed by atoms with Crippen LogP contribution in [0.4, 0.5) is 10.1 Å². The molecule has 0 unspecified atom stereocenters. The van der Waals surface area contributed by atoms with E-state index in [1.807, 2.05) is 11.5 Å². The standard InChI is InChI=1S/C15H14ClFN6O3S/c1-2-22-14(8-26-13-4-3-10(17)5-12(13)16)19-20-15(22)27-9-21-7-11(6-18-21)23(24)25/h3-7H,2,8-9H2,1H3. The number of nitrogens with zero attached hydrogens (tertiary/aromatic N) is 6. The van der Waals surface area contributed by atoms with Crippen molar-refractivity contribution in [1.82, 2.24) is 24.5 Å². The van der Waals surface area contributed by atoms with Crippen LogP contribution in [0.15, 0.2) is 35.7 Å². The van der Waals surface area contributed by atoms with Crippen molar-refractivity contribution in [3.05, 3.63) is 57.4 Å². The molecule has 1 aromatic carbocycles. The molecule has 2 heterocycles. The minimum atomic E-state index is -0.501. The van der Waals surface area contributed by atoms with Crippen molar-refractivity contribution in [3.63, 3.8) is 0 Å². The van der Waals surface area contributed by atoms with Gasteiger partial charge in [0.2, 0.25) is 0 Å². The fraction of sp³-hybridized carbons (Fsp3) is 0.267. The van der Waals surface area contributed by atoms with Gasteiger partial charge in [-0.25, -0.2) is 4.39 Å². The number of nitro groups is 1. The number of rotatable bonds is 8. The lowest BCUT2D eigenvalue weighted by Gasteiger charge is -2.10. The van der Waals surface area contributed by atoms with Gasteiger partial charge in [0.1, 0.15) is 30.6 Å². The highest BCUT2D eigenvalue weighted by Gasteiger charge is 2.14. The molecule has 2 aromatic heterocycles. The average molecular weight is 413 g/mol. The van der Waals surface area contributed by atoms with Gasteiger partial charge in [0.25, 0.3) is 0 Å². The zero-order chi connectivity index (χ0) is 19.4. The maximum Gasteiger partial charge on any atom is 0.307 e. The van der Waals surface area contributed by atoms with E-state index in [-0.39, 0.29) is 17.3 Å². The summed E-state index contributed by atoms with van der Waals surface area (Å²) in [6.07, 6.45) is 2.54. The molecular formula is C15H14ClFN6O3S. The van der Waals surface area contributed by atoms with Gasteiger partial charge in [-0.1, -0.05) is 23.4 Å². The van der Waals surface area contributed by atoms with Gasteiger partial charge in [-0.15, -0.1) is 10.2 Å². The van der Waals surface area contributed by atoms with Crippen LogP contribution in [0.3, 0.4) is 0 Å². The first-order valence-corrected chi connectivity index (χ1v) is 9.14. The second kappa shape index (κ2) is 8.35. The largest absolute Gasteiger partial charge is 0.484 e. The number of ether oxygens (including phenoxy) is 1. The van der Waals surface area contributed by atoms with Crippen LogP contribution in [0.25, 0.3) is 0 Å². The smallest absolute Gasteiger partial charge is 0.307 e. The molecule has 0 saturated carbocycles. The summed E-state index contributed by atoms with van der Waals surface area (Å²) in [5.41, 5.74) is -0.0715. The Labute approximate surface area is 162 Å². The third-order valence-electron chi connectivity index (χ3n) is 3.52. The predicted octanol–water partition coefficient (Wildman–Crippen LogP) is 3.52. The Kier molecular flexibility index (Phi) is 5.91. The summed E-state index contributed by atoms with van der Waals surface area (Å²) in [5, 5.41) is 23.7. The zero-order valence-corrected chi connectivity index (χ0v) is 15.7. The van der Waals surface area contributed by atoms with Gasteiger partial charge < -0.3 is 9.30 Å². The van der Waals surface area contributed by atoms with Crippen molar-refractivity contribution in [1.29, 1.82) is 0 Å². The molecule has 0 aliphatic rings. The Morgan fingerprint density at radius 1 is 1.41 bits per heavy atom. The lowest BCUT2D eigenvalue weighted by Crippen LogP contribution is -2.07. The SMILES string of the molecule is CCn1c(COc2ccc(F)cc2Cl)nnc1SCn1cc([N+](=O)[O-])cn1. The molecule has 0 amide bonds. The maximum atomic E-state index is 13.1. The van der Waals surface area contributed by atoms with E-state index in [9.17, 15) is 14.5 Å². The van der Waals surface area contributed by atoms with E-state index < -0.39 is 10.7 Å². The lowest BCUT2D eigenvalue weighted by atomic mass is 10.3. The van der Waals surface area contributed by atoms with Crippen molar-refractivity contribution >= 4 is 29.1 Å².